The summed E-state index contributed by atoms with van der Waals surface area (Å²) in [6, 6.07) is 17.0. The van der Waals surface area contributed by atoms with Crippen molar-refractivity contribution in [1.82, 2.24) is 9.78 Å². The topological polar surface area (TPSA) is 54.9 Å². The van der Waals surface area contributed by atoms with Crippen LogP contribution in [-0.4, -0.2) is 15.6 Å². The Morgan fingerprint density at radius 1 is 1.00 bits per heavy atom. The van der Waals surface area contributed by atoms with Crippen LogP contribution in [0.3, 0.4) is 0 Å². The summed E-state index contributed by atoms with van der Waals surface area (Å²) in [4.78, 5) is 25.0. The summed E-state index contributed by atoms with van der Waals surface area (Å²) in [6.07, 6.45) is 3.16. The molecule has 0 saturated carbocycles. The number of carbonyl (C=O) groups is 1. The standard InChI is InChI=1S/C20H18N2O2/c1-14-8-10-16(11-9-14)12-13-18(23)19-15(2)21-22(20(19)24)17-6-4-3-5-7-17/h3-13,21H,1-2H3. The number of carbonyl (C=O) groups excluding carboxylic acids is 1. The summed E-state index contributed by atoms with van der Waals surface area (Å²) in [6.45, 7) is 3.74. The molecule has 0 spiro atoms. The van der Waals surface area contributed by atoms with Gasteiger partial charge in [-0.25, -0.2) is 4.68 Å². The molecule has 1 heterocycles. The Balaban J connectivity index is 1.92. The summed E-state index contributed by atoms with van der Waals surface area (Å²) in [5.74, 6) is -0.302. The van der Waals surface area contributed by atoms with Gasteiger partial charge >= 0.3 is 0 Å². The maximum absolute atomic E-state index is 12.6. The van der Waals surface area contributed by atoms with Crippen molar-refractivity contribution in [2.75, 3.05) is 0 Å². The number of aryl methyl sites for hydroxylation is 2. The lowest BCUT2D eigenvalue weighted by Crippen LogP contribution is -2.19. The molecule has 0 aliphatic carbocycles. The van der Waals surface area contributed by atoms with Crippen LogP contribution in [-0.2, 0) is 0 Å². The zero-order valence-electron chi connectivity index (χ0n) is 13.6. The van der Waals surface area contributed by atoms with E-state index < -0.39 is 0 Å². The van der Waals surface area contributed by atoms with Crippen molar-refractivity contribution in [3.05, 3.63) is 93.4 Å². The molecule has 3 aromatic rings. The number of hydrogen-bond donors (Lipinski definition) is 1. The van der Waals surface area contributed by atoms with Crippen LogP contribution in [0.4, 0.5) is 0 Å². The number of aromatic amines is 1. The summed E-state index contributed by atoms with van der Waals surface area (Å²) < 4.78 is 1.39. The summed E-state index contributed by atoms with van der Waals surface area (Å²) in [5.41, 5.74) is 3.17. The van der Waals surface area contributed by atoms with E-state index in [9.17, 15) is 9.59 Å². The molecule has 0 bridgehead atoms. The molecule has 24 heavy (non-hydrogen) atoms. The summed E-state index contributed by atoms with van der Waals surface area (Å²) >= 11 is 0. The maximum Gasteiger partial charge on any atom is 0.282 e. The Kier molecular flexibility index (Phi) is 4.29. The number of aromatic nitrogens is 2. The van der Waals surface area contributed by atoms with Crippen molar-refractivity contribution in [2.24, 2.45) is 0 Å². The van der Waals surface area contributed by atoms with Gasteiger partial charge in [-0.1, -0.05) is 54.1 Å². The highest BCUT2D eigenvalue weighted by Gasteiger charge is 2.17. The van der Waals surface area contributed by atoms with Gasteiger partial charge in [0.05, 0.1) is 5.69 Å². The molecule has 0 radical (unpaired) electrons. The Labute approximate surface area is 140 Å². The number of nitrogens with zero attached hydrogens (tertiary/aromatic N) is 1. The van der Waals surface area contributed by atoms with E-state index in [-0.39, 0.29) is 16.9 Å². The van der Waals surface area contributed by atoms with Gasteiger partial charge in [-0.2, -0.15) is 0 Å². The summed E-state index contributed by atoms with van der Waals surface area (Å²) in [7, 11) is 0. The molecule has 120 valence electrons. The highest BCUT2D eigenvalue weighted by molar-refractivity contribution is 6.07. The van der Waals surface area contributed by atoms with E-state index in [2.05, 4.69) is 5.10 Å². The molecular formula is C20H18N2O2. The molecule has 1 N–H and O–H groups in total. The quantitative estimate of drug-likeness (QED) is 0.589. The van der Waals surface area contributed by atoms with Crippen molar-refractivity contribution >= 4 is 11.9 Å². The molecule has 0 aliphatic rings. The van der Waals surface area contributed by atoms with Crippen LogP contribution in [0.1, 0.15) is 27.2 Å². The first kappa shape index (κ1) is 15.7. The number of benzene rings is 2. The van der Waals surface area contributed by atoms with Gasteiger partial charge in [-0.3, -0.25) is 14.7 Å². The van der Waals surface area contributed by atoms with Crippen molar-refractivity contribution in [3.8, 4) is 5.69 Å². The lowest BCUT2D eigenvalue weighted by molar-refractivity contribution is 0.104. The molecule has 0 aliphatic heterocycles. The van der Waals surface area contributed by atoms with Crippen molar-refractivity contribution < 1.29 is 4.79 Å². The lowest BCUT2D eigenvalue weighted by atomic mass is 10.1. The fourth-order valence-corrected chi connectivity index (χ4v) is 2.53. The Morgan fingerprint density at radius 3 is 2.33 bits per heavy atom. The molecule has 0 atom stereocenters. The smallest absolute Gasteiger partial charge is 0.282 e. The number of para-hydroxylation sites is 1. The number of hydrogen-bond acceptors (Lipinski definition) is 2. The van der Waals surface area contributed by atoms with Gasteiger partial charge in [0.25, 0.3) is 5.56 Å². The van der Waals surface area contributed by atoms with E-state index in [1.165, 1.54) is 10.8 Å². The molecule has 0 amide bonds. The van der Waals surface area contributed by atoms with Crippen LogP contribution in [0.15, 0.2) is 65.5 Å². The van der Waals surface area contributed by atoms with E-state index in [1.807, 2.05) is 61.5 Å². The second-order valence-electron chi connectivity index (χ2n) is 5.70. The minimum absolute atomic E-state index is 0.169. The highest BCUT2D eigenvalue weighted by Crippen LogP contribution is 2.10. The number of nitrogens with one attached hydrogen (secondary N) is 1. The van der Waals surface area contributed by atoms with Gasteiger partial charge in [0, 0.05) is 5.69 Å². The first-order valence-electron chi connectivity index (χ1n) is 7.72. The van der Waals surface area contributed by atoms with Crippen LogP contribution in [0.2, 0.25) is 0 Å². The van der Waals surface area contributed by atoms with Crippen LogP contribution in [0.25, 0.3) is 11.8 Å². The van der Waals surface area contributed by atoms with E-state index in [0.29, 0.717) is 11.4 Å². The molecule has 0 unspecified atom stereocenters. The van der Waals surface area contributed by atoms with Gasteiger partial charge < -0.3 is 0 Å². The van der Waals surface area contributed by atoms with E-state index >= 15 is 0 Å². The Morgan fingerprint density at radius 2 is 1.67 bits per heavy atom. The monoisotopic (exact) mass is 318 g/mol. The van der Waals surface area contributed by atoms with Crippen molar-refractivity contribution in [2.45, 2.75) is 13.8 Å². The zero-order valence-corrected chi connectivity index (χ0v) is 13.6. The molecule has 4 heteroatoms. The van der Waals surface area contributed by atoms with Crippen LogP contribution in [0.5, 0.6) is 0 Å². The fourth-order valence-electron chi connectivity index (χ4n) is 2.53. The fraction of sp³-hybridized carbons (Fsp3) is 0.100. The predicted octanol–water partition coefficient (Wildman–Crippen LogP) is 3.68. The average molecular weight is 318 g/mol. The van der Waals surface area contributed by atoms with E-state index in [0.717, 1.165) is 11.1 Å². The molecular weight excluding hydrogens is 300 g/mol. The van der Waals surface area contributed by atoms with Gasteiger partial charge in [0.15, 0.2) is 5.78 Å². The normalized spacial score (nSPS) is 11.1. The zero-order chi connectivity index (χ0) is 17.1. The minimum Gasteiger partial charge on any atom is -0.295 e. The van der Waals surface area contributed by atoms with Crippen LogP contribution < -0.4 is 5.56 Å². The second-order valence-corrected chi connectivity index (χ2v) is 5.70. The van der Waals surface area contributed by atoms with Crippen LogP contribution >= 0.6 is 0 Å². The van der Waals surface area contributed by atoms with Gasteiger partial charge in [0.2, 0.25) is 0 Å². The number of ketones is 1. The molecule has 0 fully saturated rings. The van der Waals surface area contributed by atoms with Crippen LogP contribution in [0, 0.1) is 13.8 Å². The van der Waals surface area contributed by atoms with Gasteiger partial charge in [-0.05, 0) is 37.6 Å². The van der Waals surface area contributed by atoms with E-state index in [1.54, 1.807) is 13.0 Å². The molecule has 2 aromatic carbocycles. The largest absolute Gasteiger partial charge is 0.295 e. The Hall–Kier alpha value is -3.14. The first-order chi connectivity index (χ1) is 11.6. The average Bonchev–Trinajstić information content (AvgIpc) is 2.89. The van der Waals surface area contributed by atoms with Gasteiger partial charge in [0.1, 0.15) is 5.56 Å². The van der Waals surface area contributed by atoms with Crippen molar-refractivity contribution in [1.29, 1.82) is 0 Å². The van der Waals surface area contributed by atoms with Gasteiger partial charge in [-0.15, -0.1) is 0 Å². The van der Waals surface area contributed by atoms with E-state index in [4.69, 9.17) is 0 Å². The maximum atomic E-state index is 12.6. The molecule has 1 aromatic heterocycles. The minimum atomic E-state index is -0.336. The highest BCUT2D eigenvalue weighted by atomic mass is 16.2. The summed E-state index contributed by atoms with van der Waals surface area (Å²) in [5, 5.41) is 2.97. The SMILES string of the molecule is Cc1ccc(C=CC(=O)c2c(C)[nH]n(-c3ccccc3)c2=O)cc1. The second kappa shape index (κ2) is 6.54. The third-order valence-corrected chi connectivity index (χ3v) is 3.84. The number of H-pyrrole nitrogens is 1. The number of rotatable bonds is 4. The Bertz CT molecular complexity index is 946. The third kappa shape index (κ3) is 3.13. The molecule has 4 nitrogen and oxygen atoms in total. The van der Waals surface area contributed by atoms with Crippen molar-refractivity contribution in [3.63, 3.8) is 0 Å². The molecule has 0 saturated heterocycles. The number of allylic oxidation sites excluding steroid dienone is 1. The first-order valence-corrected chi connectivity index (χ1v) is 7.72. The predicted molar refractivity (Wildman–Crippen MR) is 95.7 cm³/mol. The third-order valence-electron chi connectivity index (χ3n) is 3.84. The lowest BCUT2D eigenvalue weighted by Gasteiger charge is -1.99. The molecule has 3 rings (SSSR count).